The van der Waals surface area contributed by atoms with Crippen LogP contribution >= 0.6 is 0 Å². The van der Waals surface area contributed by atoms with E-state index in [0.29, 0.717) is 19.7 Å². The molecule has 0 aromatic heterocycles. The van der Waals surface area contributed by atoms with Gasteiger partial charge in [-0.1, -0.05) is 166 Å². The van der Waals surface area contributed by atoms with E-state index in [0.717, 1.165) is 13.1 Å². The number of aryl methyl sites for hydroxylation is 4. The topological polar surface area (TPSA) is 151 Å². The molecule has 1 fully saturated rings. The van der Waals surface area contributed by atoms with Gasteiger partial charge in [-0.3, -0.25) is 21.3 Å². The first kappa shape index (κ1) is 88.9. The maximum absolute atomic E-state index is 11.4. The summed E-state index contributed by atoms with van der Waals surface area (Å²) in [5.41, 5.74) is 15.5. The molecule has 4 aromatic carbocycles. The first-order chi connectivity index (χ1) is 32.0. The molecule has 1 amide bonds. The van der Waals surface area contributed by atoms with Gasteiger partial charge in [0.2, 0.25) is 0 Å². The number of aliphatic hydroxyl groups is 1. The molecule has 1 aliphatic heterocycles. The minimum Gasteiger partial charge on any atom is -1.00 e. The van der Waals surface area contributed by atoms with E-state index in [9.17, 15) is 14.4 Å². The SMILES string of the molecule is CC.CC.CC.CC.CC(=O)C(C)C.CC(=O)C(C)NCc1ccccc1C.Cc1ccccc1CN.Cc1ccccc1CN1C(=O)OCC1C.Cc1ccccc1CNC(C)CO.[AlH3].[CH-]=O.[H-].[Li+].[Y].[Y]. The Bertz CT molecular complexity index is 1830. The quantitative estimate of drug-likeness (QED) is 0.0624. The summed E-state index contributed by atoms with van der Waals surface area (Å²) in [6, 6.07) is 33.0. The average Bonchev–Trinajstić information content (AvgIpc) is 3.67. The van der Waals surface area contributed by atoms with Gasteiger partial charge in [-0.2, -0.15) is 0 Å². The second-order valence-corrected chi connectivity index (χ2v) is 14.9. The number of benzene rings is 4. The van der Waals surface area contributed by atoms with Crippen LogP contribution in [0.15, 0.2) is 97.1 Å². The van der Waals surface area contributed by atoms with Crippen LogP contribution in [0.3, 0.4) is 0 Å². The van der Waals surface area contributed by atoms with Crippen LogP contribution in [0, 0.1) is 33.6 Å². The number of Topliss-reactive ketones (excluding diaryl/α,β-unsaturated/α-hetero) is 2. The Balaban J connectivity index is -0.0000000800. The van der Waals surface area contributed by atoms with E-state index in [4.69, 9.17) is 20.4 Å². The number of nitrogens with one attached hydrogen (secondary N) is 2. The molecule has 1 saturated heterocycles. The normalized spacial score (nSPS) is 11.5. The number of nitrogens with two attached hydrogens (primary N) is 1. The van der Waals surface area contributed by atoms with E-state index in [2.05, 4.69) is 87.6 Å². The van der Waals surface area contributed by atoms with Crippen LogP contribution in [0.5, 0.6) is 0 Å². The van der Waals surface area contributed by atoms with E-state index in [1.807, 2.05) is 145 Å². The second kappa shape index (κ2) is 60.9. The number of aliphatic hydroxyl groups excluding tert-OH is 1. The molecule has 0 bridgehead atoms. The van der Waals surface area contributed by atoms with Crippen LogP contribution in [0.2, 0.25) is 0 Å². The molecule has 3 atom stereocenters. The Hall–Kier alpha value is -1.66. The van der Waals surface area contributed by atoms with Gasteiger partial charge in [0.05, 0.1) is 18.7 Å². The van der Waals surface area contributed by atoms with Gasteiger partial charge < -0.3 is 32.4 Å². The van der Waals surface area contributed by atoms with Gasteiger partial charge in [-0.15, -0.1) is 0 Å². The number of hydrogen-bond acceptors (Lipinski definition) is 9. The largest absolute Gasteiger partial charge is 1.00 e. The van der Waals surface area contributed by atoms with Gasteiger partial charge >= 0.3 is 25.0 Å². The minimum absolute atomic E-state index is 0. The summed E-state index contributed by atoms with van der Waals surface area (Å²) in [6.07, 6.45) is -0.203. The predicted octanol–water partition coefficient (Wildman–Crippen LogP) is 8.31. The number of amides is 1. The molecule has 0 saturated carbocycles. The fraction of sp³-hybridized carbons (Fsp3) is 0.509. The van der Waals surface area contributed by atoms with Crippen molar-refractivity contribution in [2.24, 2.45) is 11.7 Å². The van der Waals surface area contributed by atoms with Crippen molar-refractivity contribution in [3.63, 3.8) is 0 Å². The molecule has 0 aliphatic carbocycles. The zero-order valence-corrected chi connectivity index (χ0v) is 53.2. The smallest absolute Gasteiger partial charge is 1.00 e. The first-order valence-corrected chi connectivity index (χ1v) is 24.2. The monoisotopic (exact) mass is 1150 g/mol. The number of ether oxygens (including phenoxy) is 1. The van der Waals surface area contributed by atoms with Crippen molar-refractivity contribution in [1.29, 1.82) is 0 Å². The number of hydrogen-bond donors (Lipinski definition) is 4. The van der Waals surface area contributed by atoms with E-state index >= 15 is 0 Å². The second-order valence-electron chi connectivity index (χ2n) is 14.9. The molecule has 1 aliphatic rings. The molecular formula is C57H99AlLiN4O6Y2-. The van der Waals surface area contributed by atoms with E-state index in [1.165, 1.54) is 44.5 Å². The maximum atomic E-state index is 11.4. The third-order valence-corrected chi connectivity index (χ3v) is 9.76. The van der Waals surface area contributed by atoms with E-state index in [-0.39, 0.29) is 151 Å². The fourth-order valence-corrected chi connectivity index (χ4v) is 4.95. The van der Waals surface area contributed by atoms with Gasteiger partial charge in [0.15, 0.2) is 17.4 Å². The summed E-state index contributed by atoms with van der Waals surface area (Å²) in [5.74, 6) is 0.651. The summed E-state index contributed by atoms with van der Waals surface area (Å²) in [4.78, 5) is 42.1. The number of rotatable bonds is 12. The predicted molar refractivity (Wildman–Crippen MR) is 298 cm³/mol. The fourth-order valence-electron chi connectivity index (χ4n) is 4.95. The Morgan fingerprint density at radius 3 is 1.23 bits per heavy atom. The number of carbonyl (C=O) groups excluding carboxylic acids is 4. The van der Waals surface area contributed by atoms with Crippen LogP contribution in [0.25, 0.3) is 0 Å². The zero-order valence-electron chi connectivity index (χ0n) is 48.5. The molecule has 10 nitrogen and oxygen atoms in total. The molecule has 394 valence electrons. The molecule has 4 aromatic rings. The maximum Gasteiger partial charge on any atom is 1.00 e. The third kappa shape index (κ3) is 45.5. The number of cyclic esters (lactones) is 1. The van der Waals surface area contributed by atoms with Crippen LogP contribution in [0.1, 0.15) is 150 Å². The van der Waals surface area contributed by atoms with Crippen molar-refractivity contribution in [2.75, 3.05) is 13.2 Å². The number of carbonyl (C=O) groups is 3. The molecule has 14 heteroatoms. The molecule has 0 spiro atoms. The van der Waals surface area contributed by atoms with Crippen LogP contribution < -0.4 is 35.2 Å². The third-order valence-electron chi connectivity index (χ3n) is 9.76. The molecule has 71 heavy (non-hydrogen) atoms. The Labute approximate surface area is 509 Å². The Morgan fingerprint density at radius 2 is 0.972 bits per heavy atom. The summed E-state index contributed by atoms with van der Waals surface area (Å²) in [5, 5.41) is 15.2. The van der Waals surface area contributed by atoms with Gasteiger partial charge in [0.25, 0.3) is 0 Å². The molecule has 3 unspecified atom stereocenters. The standard InChI is InChI=1S/C12H15NO2.C12H17NO.C11H17NO.C8H11N.C5H10O.4C2H6.CHO.Al.Li.2Y.4H/c1-9-5-3-4-6-11(9)7-13-10(2)8-15-12(13)14;1-9-6-4-5-7-12(9)8-13-10(2)11(3)14;1-9-5-3-4-6-11(9)7-12-10(2)8-13;1-7-4-2-3-5-8(7)6-9;1-4(2)5(3)6;5*1-2;;;;;;;;/h3-6,10H,7-8H2,1-2H3;4-7,10,13H,8H2,1-3H3;3-6,10,12-13H,7-8H2,1-2H3;2-5H,6,9H2,1H3;4H,1-3H3;4*1-2H3;1H;;;;;;;;/q;;;;;;;;;-1;;+1;;;;;;-1. The molecule has 1 heterocycles. The van der Waals surface area contributed by atoms with Crippen LogP contribution in [-0.4, -0.2) is 83.2 Å². The zero-order chi connectivity index (χ0) is 52.9. The molecule has 5 rings (SSSR count). The number of ketones is 2. The average molecular weight is 1150 g/mol. The van der Waals surface area contributed by atoms with Gasteiger partial charge in [-0.05, 0) is 107 Å². The molecular weight excluding hydrogens is 1050 g/mol. The van der Waals surface area contributed by atoms with Crippen LogP contribution in [-0.2, 0) is 111 Å². The summed E-state index contributed by atoms with van der Waals surface area (Å²) in [6.45, 7) is 44.0. The minimum atomic E-state index is -0.203. The van der Waals surface area contributed by atoms with Crippen molar-refractivity contribution in [1.82, 2.24) is 15.5 Å². The first-order valence-electron chi connectivity index (χ1n) is 24.2. The van der Waals surface area contributed by atoms with Crippen molar-refractivity contribution in [2.45, 2.75) is 176 Å². The molecule has 5 N–H and O–H groups in total. The van der Waals surface area contributed by atoms with Gasteiger partial charge in [0, 0.05) is 104 Å². The number of nitrogens with zero attached hydrogens (tertiary/aromatic N) is 1. The summed E-state index contributed by atoms with van der Waals surface area (Å²) < 4.78 is 4.98. The van der Waals surface area contributed by atoms with Crippen LogP contribution in [0.4, 0.5) is 4.79 Å². The Kier molecular flexibility index (Phi) is 76.3. The van der Waals surface area contributed by atoms with Crippen molar-refractivity contribution in [3.8, 4) is 0 Å². The van der Waals surface area contributed by atoms with Crippen molar-refractivity contribution < 1.29 is 115 Å². The molecule has 2 radical (unpaired) electrons. The van der Waals surface area contributed by atoms with Crippen molar-refractivity contribution >= 4 is 41.8 Å². The van der Waals surface area contributed by atoms with E-state index in [1.54, 1.807) is 18.7 Å². The van der Waals surface area contributed by atoms with Gasteiger partial charge in [0.1, 0.15) is 18.2 Å². The Morgan fingerprint density at radius 1 is 0.662 bits per heavy atom. The van der Waals surface area contributed by atoms with E-state index < -0.39 is 0 Å². The van der Waals surface area contributed by atoms with Gasteiger partial charge in [-0.25, -0.2) is 4.79 Å². The summed E-state index contributed by atoms with van der Waals surface area (Å²) in [7, 11) is 0. The van der Waals surface area contributed by atoms with Crippen molar-refractivity contribution in [3.05, 3.63) is 142 Å². The summed E-state index contributed by atoms with van der Waals surface area (Å²) >= 11 is 0.